The van der Waals surface area contributed by atoms with Crippen LogP contribution >= 0.6 is 0 Å². The first kappa shape index (κ1) is 24.8. The van der Waals surface area contributed by atoms with Crippen LogP contribution in [0.5, 0.6) is 5.75 Å². The second-order valence-corrected chi connectivity index (χ2v) is 8.17. The van der Waals surface area contributed by atoms with Crippen molar-refractivity contribution in [3.05, 3.63) is 69.6 Å². The highest BCUT2D eigenvalue weighted by Crippen LogP contribution is 2.37. The molecule has 0 spiro atoms. The number of ether oxygens (including phenoxy) is 1. The number of nitrogen functional groups attached to an aromatic ring is 1. The predicted molar refractivity (Wildman–Crippen MR) is 133 cm³/mol. The Kier molecular flexibility index (Phi) is 6.97. The SMILES string of the molecule is CN=Cc1c(N)c(F)cc(NC(=O)c2ccnn(-c3c(F)cccc3OC)c2=O)c1N1CCC(N)C1. The van der Waals surface area contributed by atoms with Gasteiger partial charge in [-0.25, -0.2) is 8.78 Å². The Morgan fingerprint density at radius 2 is 2.06 bits per heavy atom. The molecule has 1 fully saturated rings. The summed E-state index contributed by atoms with van der Waals surface area (Å²) >= 11 is 0. The molecule has 2 heterocycles. The molecule has 1 aliphatic heterocycles. The fourth-order valence-electron chi connectivity index (χ4n) is 4.16. The molecule has 0 aliphatic carbocycles. The number of nitrogens with one attached hydrogen (secondary N) is 1. The lowest BCUT2D eigenvalue weighted by atomic mass is 10.1. The lowest BCUT2D eigenvalue weighted by molar-refractivity contribution is 0.102. The fourth-order valence-corrected chi connectivity index (χ4v) is 4.16. The van der Waals surface area contributed by atoms with Gasteiger partial charge in [0.2, 0.25) is 0 Å². The van der Waals surface area contributed by atoms with E-state index >= 15 is 0 Å². The molecular weight excluding hydrogens is 472 g/mol. The number of aliphatic imine (C=N–C) groups is 1. The quantitative estimate of drug-likeness (QED) is 0.349. The predicted octanol–water partition coefficient (Wildman–Crippen LogP) is 1.94. The lowest BCUT2D eigenvalue weighted by Crippen LogP contribution is -2.32. The van der Waals surface area contributed by atoms with Gasteiger partial charge in [0.25, 0.3) is 11.5 Å². The molecule has 0 bridgehead atoms. The van der Waals surface area contributed by atoms with Crippen molar-refractivity contribution in [3.8, 4) is 11.4 Å². The molecule has 0 saturated carbocycles. The Morgan fingerprint density at radius 1 is 1.28 bits per heavy atom. The molecule has 4 rings (SSSR count). The number of hydrogen-bond donors (Lipinski definition) is 3. The molecular formula is C24H25F2N7O3. The lowest BCUT2D eigenvalue weighted by Gasteiger charge is -2.25. The summed E-state index contributed by atoms with van der Waals surface area (Å²) in [5.41, 5.74) is 11.2. The minimum absolute atomic E-state index is 0.0546. The van der Waals surface area contributed by atoms with Crippen LogP contribution in [-0.4, -0.2) is 55.2 Å². The number of para-hydroxylation sites is 1. The maximum Gasteiger partial charge on any atom is 0.284 e. The summed E-state index contributed by atoms with van der Waals surface area (Å²) in [6, 6.07) is 6.17. The van der Waals surface area contributed by atoms with E-state index in [0.29, 0.717) is 25.2 Å². The number of hydrogen-bond acceptors (Lipinski definition) is 8. The zero-order valence-electron chi connectivity index (χ0n) is 19.7. The molecule has 36 heavy (non-hydrogen) atoms. The Hall–Kier alpha value is -4.32. The highest BCUT2D eigenvalue weighted by molar-refractivity contribution is 6.08. The number of nitrogens with zero attached hydrogens (tertiary/aromatic N) is 4. The number of aromatic nitrogens is 2. The number of anilines is 3. The molecule has 3 aromatic rings. The van der Waals surface area contributed by atoms with Crippen molar-refractivity contribution in [1.82, 2.24) is 9.78 Å². The van der Waals surface area contributed by atoms with Gasteiger partial charge in [0.1, 0.15) is 22.8 Å². The third-order valence-corrected chi connectivity index (χ3v) is 5.85. The molecule has 2 aromatic carbocycles. The Bertz CT molecular complexity index is 1410. The van der Waals surface area contributed by atoms with Crippen LogP contribution in [0.1, 0.15) is 22.3 Å². The summed E-state index contributed by atoms with van der Waals surface area (Å²) in [5, 5.41) is 6.51. The molecule has 1 aliphatic rings. The van der Waals surface area contributed by atoms with Crippen LogP contribution in [0.15, 0.2) is 46.3 Å². The summed E-state index contributed by atoms with van der Waals surface area (Å²) in [6.07, 6.45) is 3.27. The summed E-state index contributed by atoms with van der Waals surface area (Å²) in [6.45, 7) is 1.00. The normalized spacial score (nSPS) is 15.5. The zero-order valence-corrected chi connectivity index (χ0v) is 19.7. The minimum atomic E-state index is -0.894. The van der Waals surface area contributed by atoms with Gasteiger partial charge in [-0.05, 0) is 24.6 Å². The summed E-state index contributed by atoms with van der Waals surface area (Å²) in [7, 11) is 2.83. The first-order valence-electron chi connectivity index (χ1n) is 11.0. The smallest absolute Gasteiger partial charge is 0.284 e. The fraction of sp³-hybridized carbons (Fsp3) is 0.250. The van der Waals surface area contributed by atoms with Crippen molar-refractivity contribution < 1.29 is 18.3 Å². The highest BCUT2D eigenvalue weighted by Gasteiger charge is 2.28. The van der Waals surface area contributed by atoms with Gasteiger partial charge in [-0.2, -0.15) is 9.78 Å². The maximum absolute atomic E-state index is 14.7. The third-order valence-electron chi connectivity index (χ3n) is 5.85. The van der Waals surface area contributed by atoms with E-state index in [2.05, 4.69) is 15.4 Å². The number of amides is 1. The van der Waals surface area contributed by atoms with E-state index in [9.17, 15) is 18.4 Å². The third kappa shape index (κ3) is 4.50. The summed E-state index contributed by atoms with van der Waals surface area (Å²) in [4.78, 5) is 32.3. The average molecular weight is 498 g/mol. The van der Waals surface area contributed by atoms with E-state index in [1.807, 2.05) is 4.90 Å². The first-order chi connectivity index (χ1) is 17.3. The number of nitrogens with two attached hydrogens (primary N) is 2. The standard InChI is InChI=1S/C24H25F2N7O3/c1-29-11-15-20(28)17(26)10-18(21(15)32-9-7-13(27)12-32)31-23(34)14-6-8-30-33(24(14)35)22-16(25)4-3-5-19(22)36-2/h3-6,8,10-11,13H,7,9,12,27-28H2,1-2H3,(H,31,34). The van der Waals surface area contributed by atoms with Gasteiger partial charge in [-0.1, -0.05) is 6.07 Å². The summed E-state index contributed by atoms with van der Waals surface area (Å²) in [5.74, 6) is -2.33. The molecule has 10 nitrogen and oxygen atoms in total. The van der Waals surface area contributed by atoms with E-state index in [1.54, 1.807) is 0 Å². The number of halogens is 2. The van der Waals surface area contributed by atoms with Crippen molar-refractivity contribution in [3.63, 3.8) is 0 Å². The maximum atomic E-state index is 14.7. The number of rotatable bonds is 6. The van der Waals surface area contributed by atoms with E-state index in [-0.39, 0.29) is 40.0 Å². The molecule has 1 amide bonds. The Morgan fingerprint density at radius 3 is 2.72 bits per heavy atom. The molecule has 1 atom stereocenters. The van der Waals surface area contributed by atoms with Gasteiger partial charge >= 0.3 is 0 Å². The largest absolute Gasteiger partial charge is 0.494 e. The zero-order chi connectivity index (χ0) is 26.0. The van der Waals surface area contributed by atoms with Crippen molar-refractivity contribution in [1.29, 1.82) is 0 Å². The van der Waals surface area contributed by atoms with E-state index in [1.165, 1.54) is 44.8 Å². The van der Waals surface area contributed by atoms with Crippen molar-refractivity contribution in [2.75, 3.05) is 43.2 Å². The molecule has 188 valence electrons. The second-order valence-electron chi connectivity index (χ2n) is 8.17. The van der Waals surface area contributed by atoms with Gasteiger partial charge in [0.05, 0.1) is 24.2 Å². The average Bonchev–Trinajstić information content (AvgIpc) is 3.28. The van der Waals surface area contributed by atoms with Gasteiger partial charge in [-0.3, -0.25) is 14.6 Å². The number of benzene rings is 2. The molecule has 12 heteroatoms. The van der Waals surface area contributed by atoms with Crippen LogP contribution in [0.2, 0.25) is 0 Å². The Balaban J connectivity index is 1.80. The number of methoxy groups -OCH3 is 1. The van der Waals surface area contributed by atoms with E-state index in [0.717, 1.165) is 16.8 Å². The number of carbonyl (C=O) groups excluding carboxylic acids is 1. The van der Waals surface area contributed by atoms with Crippen LogP contribution in [0.25, 0.3) is 5.69 Å². The number of carbonyl (C=O) groups is 1. The first-order valence-corrected chi connectivity index (χ1v) is 11.0. The van der Waals surface area contributed by atoms with Gasteiger partial charge in [-0.15, -0.1) is 0 Å². The highest BCUT2D eigenvalue weighted by atomic mass is 19.1. The van der Waals surface area contributed by atoms with Crippen LogP contribution in [0, 0.1) is 11.6 Å². The van der Waals surface area contributed by atoms with Crippen LogP contribution < -0.4 is 32.0 Å². The van der Waals surface area contributed by atoms with E-state index < -0.39 is 23.1 Å². The Labute approximate surface area is 205 Å². The molecule has 1 aromatic heterocycles. The van der Waals surface area contributed by atoms with Gasteiger partial charge in [0.15, 0.2) is 5.82 Å². The second kappa shape index (κ2) is 10.1. The van der Waals surface area contributed by atoms with Crippen LogP contribution in [0.4, 0.5) is 25.8 Å². The molecule has 1 unspecified atom stereocenters. The van der Waals surface area contributed by atoms with E-state index in [4.69, 9.17) is 16.2 Å². The van der Waals surface area contributed by atoms with Gasteiger partial charge in [0, 0.05) is 50.2 Å². The monoisotopic (exact) mass is 497 g/mol. The van der Waals surface area contributed by atoms with Crippen LogP contribution in [0.3, 0.4) is 0 Å². The molecule has 1 saturated heterocycles. The van der Waals surface area contributed by atoms with Crippen LogP contribution in [-0.2, 0) is 0 Å². The van der Waals surface area contributed by atoms with Crippen molar-refractivity contribution in [2.45, 2.75) is 12.5 Å². The van der Waals surface area contributed by atoms with Gasteiger partial charge < -0.3 is 26.4 Å². The van der Waals surface area contributed by atoms with Crippen molar-refractivity contribution >= 4 is 29.2 Å². The minimum Gasteiger partial charge on any atom is -0.494 e. The summed E-state index contributed by atoms with van der Waals surface area (Å²) < 4.78 is 35.2. The molecule has 5 N–H and O–H groups in total. The van der Waals surface area contributed by atoms with Crippen molar-refractivity contribution in [2.24, 2.45) is 10.7 Å². The topological polar surface area (TPSA) is 141 Å². The molecule has 0 radical (unpaired) electrons.